The molecule has 0 aliphatic heterocycles. The Kier molecular flexibility index (Phi) is 9.86. The number of carbonyl (C=O) groups is 2. The highest BCUT2D eigenvalue weighted by Gasteiger charge is 2.20. The Labute approximate surface area is 230 Å². The smallest absolute Gasteiger partial charge is 0.343 e. The highest BCUT2D eigenvalue weighted by Crippen LogP contribution is 2.23. The molecule has 0 fully saturated rings. The van der Waals surface area contributed by atoms with E-state index >= 15 is 0 Å². The van der Waals surface area contributed by atoms with Crippen LogP contribution in [0.15, 0.2) is 79.1 Å². The molecule has 0 spiro atoms. The number of carbonyl (C=O) groups excluding carboxylic acids is 2. The number of ketones is 1. The van der Waals surface area contributed by atoms with Crippen molar-refractivity contribution in [3.8, 4) is 11.5 Å². The Morgan fingerprint density at radius 3 is 2.21 bits per heavy atom. The number of imidazole rings is 1. The summed E-state index contributed by atoms with van der Waals surface area (Å²) >= 11 is 0. The number of esters is 1. The van der Waals surface area contributed by atoms with Gasteiger partial charge in [-0.05, 0) is 67.8 Å². The van der Waals surface area contributed by atoms with E-state index in [0.717, 1.165) is 50.9 Å². The largest absolute Gasteiger partial charge is 0.475 e. The monoisotopic (exact) mass is 527 g/mol. The van der Waals surface area contributed by atoms with Gasteiger partial charge in [0.15, 0.2) is 17.6 Å². The fourth-order valence-electron chi connectivity index (χ4n) is 4.44. The summed E-state index contributed by atoms with van der Waals surface area (Å²) in [6, 6.07) is 19.4. The lowest BCUT2D eigenvalue weighted by Gasteiger charge is -2.31. The number of hydrogen-bond donors (Lipinski definition) is 0. The molecule has 0 N–H and O–H groups in total. The van der Waals surface area contributed by atoms with Crippen molar-refractivity contribution >= 4 is 17.4 Å². The Morgan fingerprint density at radius 2 is 1.56 bits per heavy atom. The van der Waals surface area contributed by atoms with E-state index in [1.807, 2.05) is 18.2 Å². The summed E-state index contributed by atoms with van der Waals surface area (Å²) < 4.78 is 13.6. The summed E-state index contributed by atoms with van der Waals surface area (Å²) in [6.45, 7) is 8.58. The second-order valence-corrected chi connectivity index (χ2v) is 9.56. The van der Waals surface area contributed by atoms with E-state index in [1.54, 1.807) is 65.3 Å². The SMILES string of the molecule is CCCCN(CCCC)C(CC)Oc1ccc(C(=O)c2cn3cccc(OC(=O)c4ccccc4)c3n2)cc1. The zero-order chi connectivity index (χ0) is 27.6. The molecule has 4 rings (SSSR count). The normalized spacial score (nSPS) is 12.0. The van der Waals surface area contributed by atoms with Crippen LogP contribution in [0.2, 0.25) is 0 Å². The maximum Gasteiger partial charge on any atom is 0.343 e. The summed E-state index contributed by atoms with van der Waals surface area (Å²) in [5.41, 5.74) is 1.61. The predicted octanol–water partition coefficient (Wildman–Crippen LogP) is 6.80. The standard InChI is InChI=1S/C32H37N3O4/c1-4-7-20-34(21-8-5-2)29(6-3)38-26-18-16-24(17-19-26)30(36)27-23-35-22-12-15-28(31(35)33-27)39-32(37)25-13-10-9-11-14-25/h9-19,22-23,29H,4-8,20-21H2,1-3H3. The van der Waals surface area contributed by atoms with Gasteiger partial charge >= 0.3 is 5.97 Å². The molecule has 2 aromatic heterocycles. The van der Waals surface area contributed by atoms with Crippen molar-refractivity contribution < 1.29 is 19.1 Å². The second kappa shape index (κ2) is 13.7. The maximum absolute atomic E-state index is 13.3. The number of ether oxygens (including phenoxy) is 2. The van der Waals surface area contributed by atoms with Gasteiger partial charge in [-0.3, -0.25) is 9.69 Å². The first-order valence-corrected chi connectivity index (χ1v) is 13.8. The average molecular weight is 528 g/mol. The van der Waals surface area contributed by atoms with Crippen LogP contribution in [0, 0.1) is 0 Å². The molecular weight excluding hydrogens is 490 g/mol. The summed E-state index contributed by atoms with van der Waals surface area (Å²) in [7, 11) is 0. The van der Waals surface area contributed by atoms with Crippen molar-refractivity contribution in [1.29, 1.82) is 0 Å². The number of benzene rings is 2. The van der Waals surface area contributed by atoms with Crippen molar-refractivity contribution in [3.63, 3.8) is 0 Å². The fourth-order valence-corrected chi connectivity index (χ4v) is 4.44. The molecule has 0 bridgehead atoms. The Balaban J connectivity index is 1.47. The van der Waals surface area contributed by atoms with Crippen LogP contribution >= 0.6 is 0 Å². The predicted molar refractivity (Wildman–Crippen MR) is 153 cm³/mol. The minimum Gasteiger partial charge on any atom is -0.475 e. The molecule has 0 aliphatic rings. The average Bonchev–Trinajstić information content (AvgIpc) is 3.42. The number of aromatic nitrogens is 2. The van der Waals surface area contributed by atoms with E-state index < -0.39 is 5.97 Å². The van der Waals surface area contributed by atoms with Gasteiger partial charge in [-0.25, -0.2) is 9.78 Å². The van der Waals surface area contributed by atoms with Crippen molar-refractivity contribution in [2.45, 2.75) is 59.1 Å². The van der Waals surface area contributed by atoms with E-state index in [-0.39, 0.29) is 23.5 Å². The highest BCUT2D eigenvalue weighted by atomic mass is 16.5. The van der Waals surface area contributed by atoms with Crippen LogP contribution in [0.3, 0.4) is 0 Å². The van der Waals surface area contributed by atoms with Gasteiger partial charge in [0, 0.05) is 31.0 Å². The van der Waals surface area contributed by atoms with Gasteiger partial charge in [0.25, 0.3) is 0 Å². The molecule has 7 heteroatoms. The fraction of sp³-hybridized carbons (Fsp3) is 0.344. The van der Waals surface area contributed by atoms with Crippen LogP contribution in [0.25, 0.3) is 5.65 Å². The minimum atomic E-state index is -0.483. The number of nitrogens with zero attached hydrogens (tertiary/aromatic N) is 3. The molecule has 0 radical (unpaired) electrons. The lowest BCUT2D eigenvalue weighted by atomic mass is 10.1. The third kappa shape index (κ3) is 7.12. The molecule has 7 nitrogen and oxygen atoms in total. The van der Waals surface area contributed by atoms with Gasteiger partial charge in [-0.2, -0.15) is 0 Å². The van der Waals surface area contributed by atoms with Crippen molar-refractivity contribution in [3.05, 3.63) is 95.9 Å². The molecule has 2 aromatic carbocycles. The molecule has 0 amide bonds. The van der Waals surface area contributed by atoms with Crippen molar-refractivity contribution in [2.24, 2.45) is 0 Å². The zero-order valence-corrected chi connectivity index (χ0v) is 23.0. The Hall–Kier alpha value is -3.97. The topological polar surface area (TPSA) is 73.1 Å². The van der Waals surface area contributed by atoms with E-state index in [0.29, 0.717) is 16.8 Å². The highest BCUT2D eigenvalue weighted by molar-refractivity contribution is 6.08. The van der Waals surface area contributed by atoms with Gasteiger partial charge in [-0.1, -0.05) is 51.8 Å². The molecule has 0 saturated heterocycles. The van der Waals surface area contributed by atoms with Crippen LogP contribution in [-0.4, -0.2) is 45.4 Å². The van der Waals surface area contributed by atoms with Gasteiger partial charge in [-0.15, -0.1) is 0 Å². The van der Waals surface area contributed by atoms with E-state index in [4.69, 9.17) is 9.47 Å². The van der Waals surface area contributed by atoms with Gasteiger partial charge in [0.05, 0.1) is 5.56 Å². The number of hydrogen-bond acceptors (Lipinski definition) is 6. The van der Waals surface area contributed by atoms with Crippen LogP contribution in [-0.2, 0) is 0 Å². The van der Waals surface area contributed by atoms with E-state index in [2.05, 4.69) is 30.7 Å². The molecule has 2 heterocycles. The Bertz CT molecular complexity index is 1360. The molecule has 204 valence electrons. The van der Waals surface area contributed by atoms with Gasteiger partial charge in [0.2, 0.25) is 5.78 Å². The Morgan fingerprint density at radius 1 is 0.872 bits per heavy atom. The van der Waals surface area contributed by atoms with E-state index in [1.165, 1.54) is 0 Å². The summed E-state index contributed by atoms with van der Waals surface area (Å²) in [4.78, 5) is 32.7. The number of unbranched alkanes of at least 4 members (excludes halogenated alkanes) is 2. The molecule has 1 atom stereocenters. The molecule has 4 aromatic rings. The summed E-state index contributed by atoms with van der Waals surface area (Å²) in [6.07, 6.45) is 8.88. The minimum absolute atomic E-state index is 0.000101. The van der Waals surface area contributed by atoms with Crippen LogP contribution in [0.5, 0.6) is 11.5 Å². The van der Waals surface area contributed by atoms with Crippen LogP contribution in [0.4, 0.5) is 0 Å². The maximum atomic E-state index is 13.3. The second-order valence-electron chi connectivity index (χ2n) is 9.56. The lowest BCUT2D eigenvalue weighted by molar-refractivity contribution is 0.0202. The molecule has 0 aliphatic carbocycles. The van der Waals surface area contributed by atoms with E-state index in [9.17, 15) is 9.59 Å². The molecule has 1 unspecified atom stereocenters. The summed E-state index contributed by atoms with van der Waals surface area (Å²) in [5, 5.41) is 0. The third-order valence-electron chi connectivity index (χ3n) is 6.63. The number of rotatable bonds is 14. The van der Waals surface area contributed by atoms with Crippen molar-refractivity contribution in [1.82, 2.24) is 14.3 Å². The molecule has 39 heavy (non-hydrogen) atoms. The van der Waals surface area contributed by atoms with Crippen LogP contribution < -0.4 is 9.47 Å². The van der Waals surface area contributed by atoms with Gasteiger partial charge in [0.1, 0.15) is 11.4 Å². The first kappa shape index (κ1) is 28.0. The zero-order valence-electron chi connectivity index (χ0n) is 23.0. The lowest BCUT2D eigenvalue weighted by Crippen LogP contribution is -2.40. The first-order chi connectivity index (χ1) is 19.0. The number of pyridine rings is 1. The molecule has 0 saturated carbocycles. The molecular formula is C32H37N3O4. The quantitative estimate of drug-likeness (QED) is 0.102. The third-order valence-corrected chi connectivity index (χ3v) is 6.63. The van der Waals surface area contributed by atoms with Crippen molar-refractivity contribution in [2.75, 3.05) is 13.1 Å². The first-order valence-electron chi connectivity index (χ1n) is 13.8. The number of fused-ring (bicyclic) bond motifs is 1. The van der Waals surface area contributed by atoms with Crippen LogP contribution in [0.1, 0.15) is 79.3 Å². The van der Waals surface area contributed by atoms with Gasteiger partial charge < -0.3 is 13.9 Å². The summed E-state index contributed by atoms with van der Waals surface area (Å²) in [5.74, 6) is 0.325.